The second kappa shape index (κ2) is 5.26. The van der Waals surface area contributed by atoms with Gasteiger partial charge in [0.2, 0.25) is 0 Å². The minimum atomic E-state index is 0.0520. The maximum atomic E-state index is 12.5. The number of carbonyl (C=O) groups is 1. The molecule has 1 N–H and O–H groups in total. The minimum Gasteiger partial charge on any atom is -0.337 e. The second-order valence-electron chi connectivity index (χ2n) is 5.04. The number of carbonyl (C=O) groups excluding carboxylic acids is 1. The Morgan fingerprint density at radius 2 is 1.89 bits per heavy atom. The molecule has 19 heavy (non-hydrogen) atoms. The van der Waals surface area contributed by atoms with Gasteiger partial charge in [0.05, 0.1) is 6.20 Å². The number of benzene rings is 1. The van der Waals surface area contributed by atoms with Crippen molar-refractivity contribution in [2.24, 2.45) is 0 Å². The molecule has 0 aliphatic heterocycles. The molecule has 0 unspecified atom stereocenters. The Balaban J connectivity index is 2.24. The number of amides is 1. The number of nitrogens with zero attached hydrogens (tertiary/aromatic N) is 2. The number of aryl methyl sites for hydroxylation is 3. The summed E-state index contributed by atoms with van der Waals surface area (Å²) in [6.45, 7) is 6.57. The van der Waals surface area contributed by atoms with E-state index in [1.165, 1.54) is 5.56 Å². The number of hydrogen-bond acceptors (Lipinski definition) is 2. The molecule has 1 heterocycles. The molecule has 4 heteroatoms. The molecule has 0 aliphatic carbocycles. The maximum Gasteiger partial charge on any atom is 0.254 e. The Morgan fingerprint density at radius 3 is 2.42 bits per heavy atom. The van der Waals surface area contributed by atoms with Crippen molar-refractivity contribution in [3.05, 3.63) is 52.3 Å². The average molecular weight is 257 g/mol. The molecule has 0 spiro atoms. The molecule has 2 aromatic rings. The third-order valence-corrected chi connectivity index (χ3v) is 3.21. The quantitative estimate of drug-likeness (QED) is 0.918. The van der Waals surface area contributed by atoms with Crippen molar-refractivity contribution in [1.29, 1.82) is 0 Å². The monoisotopic (exact) mass is 257 g/mol. The standard InChI is InChI=1S/C15H19N3O/c1-10-5-11(2)14(12(3)6-10)15(19)18(4)9-13-7-16-17-8-13/h5-8H,9H2,1-4H3,(H,16,17). The lowest BCUT2D eigenvalue weighted by atomic mass is 9.99. The lowest BCUT2D eigenvalue weighted by Gasteiger charge is -2.19. The predicted molar refractivity (Wildman–Crippen MR) is 75.0 cm³/mol. The minimum absolute atomic E-state index is 0.0520. The summed E-state index contributed by atoms with van der Waals surface area (Å²) in [5.41, 5.74) is 5.04. The van der Waals surface area contributed by atoms with Crippen LogP contribution in [0.4, 0.5) is 0 Å². The Bertz CT molecular complexity index is 564. The van der Waals surface area contributed by atoms with Gasteiger partial charge < -0.3 is 4.90 Å². The third kappa shape index (κ3) is 2.84. The van der Waals surface area contributed by atoms with Gasteiger partial charge in [-0.2, -0.15) is 5.10 Å². The summed E-state index contributed by atoms with van der Waals surface area (Å²) in [5.74, 6) is 0.0520. The van der Waals surface area contributed by atoms with Crippen molar-refractivity contribution in [2.75, 3.05) is 7.05 Å². The molecule has 0 saturated carbocycles. The highest BCUT2D eigenvalue weighted by Crippen LogP contribution is 2.18. The Morgan fingerprint density at radius 1 is 1.26 bits per heavy atom. The van der Waals surface area contributed by atoms with Crippen LogP contribution in [0, 0.1) is 20.8 Å². The van der Waals surface area contributed by atoms with E-state index >= 15 is 0 Å². The van der Waals surface area contributed by atoms with E-state index in [9.17, 15) is 4.79 Å². The topological polar surface area (TPSA) is 49.0 Å². The summed E-state index contributed by atoms with van der Waals surface area (Å²) >= 11 is 0. The van der Waals surface area contributed by atoms with Crippen LogP contribution in [0.1, 0.15) is 32.6 Å². The molecule has 100 valence electrons. The molecule has 1 aromatic carbocycles. The highest BCUT2D eigenvalue weighted by Gasteiger charge is 2.17. The Hall–Kier alpha value is -2.10. The Labute approximate surface area is 113 Å². The molecular formula is C15H19N3O. The number of aromatic nitrogens is 2. The number of H-pyrrole nitrogens is 1. The number of rotatable bonds is 3. The van der Waals surface area contributed by atoms with Gasteiger partial charge in [0.25, 0.3) is 5.91 Å². The SMILES string of the molecule is Cc1cc(C)c(C(=O)N(C)Cc2cn[nH]c2)c(C)c1. The second-order valence-corrected chi connectivity index (χ2v) is 5.04. The van der Waals surface area contributed by atoms with Gasteiger partial charge in [0.1, 0.15) is 0 Å². The summed E-state index contributed by atoms with van der Waals surface area (Å²) in [6, 6.07) is 4.10. The van der Waals surface area contributed by atoms with Crippen LogP contribution in [0.2, 0.25) is 0 Å². The molecule has 1 aromatic heterocycles. The predicted octanol–water partition coefficient (Wildman–Crippen LogP) is 2.61. The molecule has 0 atom stereocenters. The van der Waals surface area contributed by atoms with Crippen LogP contribution in [-0.4, -0.2) is 28.1 Å². The fraction of sp³-hybridized carbons (Fsp3) is 0.333. The zero-order valence-electron chi connectivity index (χ0n) is 11.8. The van der Waals surface area contributed by atoms with Crippen molar-refractivity contribution >= 4 is 5.91 Å². The summed E-state index contributed by atoms with van der Waals surface area (Å²) in [6.07, 6.45) is 3.54. The smallest absolute Gasteiger partial charge is 0.254 e. The van der Waals surface area contributed by atoms with Crippen molar-refractivity contribution in [2.45, 2.75) is 27.3 Å². The number of hydrogen-bond donors (Lipinski definition) is 1. The summed E-state index contributed by atoms with van der Waals surface area (Å²) < 4.78 is 0. The van der Waals surface area contributed by atoms with Crippen LogP contribution in [0.15, 0.2) is 24.5 Å². The fourth-order valence-electron chi connectivity index (χ4n) is 2.42. The first-order valence-corrected chi connectivity index (χ1v) is 6.30. The van der Waals surface area contributed by atoms with Gasteiger partial charge in [-0.05, 0) is 31.9 Å². The van der Waals surface area contributed by atoms with Crippen LogP contribution in [0.5, 0.6) is 0 Å². The highest BCUT2D eigenvalue weighted by atomic mass is 16.2. The van der Waals surface area contributed by atoms with Crippen LogP contribution >= 0.6 is 0 Å². The number of nitrogens with one attached hydrogen (secondary N) is 1. The zero-order valence-corrected chi connectivity index (χ0v) is 11.8. The van der Waals surface area contributed by atoms with Gasteiger partial charge >= 0.3 is 0 Å². The molecule has 0 bridgehead atoms. The first-order valence-electron chi connectivity index (χ1n) is 6.30. The van der Waals surface area contributed by atoms with Gasteiger partial charge in [0, 0.05) is 30.9 Å². The zero-order chi connectivity index (χ0) is 14.0. The van der Waals surface area contributed by atoms with Gasteiger partial charge in [-0.15, -0.1) is 0 Å². The van der Waals surface area contributed by atoms with Crippen LogP contribution in [0.25, 0.3) is 0 Å². The highest BCUT2D eigenvalue weighted by molar-refractivity contribution is 5.97. The maximum absolute atomic E-state index is 12.5. The van der Waals surface area contributed by atoms with Crippen LogP contribution in [-0.2, 0) is 6.54 Å². The fourth-order valence-corrected chi connectivity index (χ4v) is 2.42. The molecule has 4 nitrogen and oxygen atoms in total. The van der Waals surface area contributed by atoms with Crippen molar-refractivity contribution in [1.82, 2.24) is 15.1 Å². The first kappa shape index (κ1) is 13.3. The van der Waals surface area contributed by atoms with E-state index in [1.54, 1.807) is 17.3 Å². The third-order valence-electron chi connectivity index (χ3n) is 3.21. The van der Waals surface area contributed by atoms with E-state index in [1.807, 2.05) is 40.0 Å². The van der Waals surface area contributed by atoms with E-state index in [2.05, 4.69) is 10.2 Å². The summed E-state index contributed by atoms with van der Waals surface area (Å²) in [4.78, 5) is 14.2. The lowest BCUT2D eigenvalue weighted by Crippen LogP contribution is -2.27. The average Bonchev–Trinajstić information content (AvgIpc) is 2.80. The summed E-state index contributed by atoms with van der Waals surface area (Å²) in [7, 11) is 1.81. The molecule has 0 fully saturated rings. The van der Waals surface area contributed by atoms with E-state index in [4.69, 9.17) is 0 Å². The Kier molecular flexibility index (Phi) is 3.69. The normalized spacial score (nSPS) is 10.5. The van der Waals surface area contributed by atoms with Crippen LogP contribution < -0.4 is 0 Å². The molecule has 2 rings (SSSR count). The van der Waals surface area contributed by atoms with Gasteiger partial charge in [-0.3, -0.25) is 9.89 Å². The van der Waals surface area contributed by atoms with Crippen molar-refractivity contribution < 1.29 is 4.79 Å². The van der Waals surface area contributed by atoms with E-state index < -0.39 is 0 Å². The largest absolute Gasteiger partial charge is 0.337 e. The van der Waals surface area contributed by atoms with Gasteiger partial charge in [-0.1, -0.05) is 17.7 Å². The van der Waals surface area contributed by atoms with Gasteiger partial charge in [0.15, 0.2) is 0 Å². The van der Waals surface area contributed by atoms with Crippen molar-refractivity contribution in [3.63, 3.8) is 0 Å². The molecule has 1 amide bonds. The lowest BCUT2D eigenvalue weighted by molar-refractivity contribution is 0.0783. The number of aromatic amines is 1. The van der Waals surface area contributed by atoms with E-state index in [0.717, 1.165) is 22.3 Å². The van der Waals surface area contributed by atoms with E-state index in [0.29, 0.717) is 6.54 Å². The molecule has 0 saturated heterocycles. The molecule has 0 aliphatic rings. The molecular weight excluding hydrogens is 238 g/mol. The van der Waals surface area contributed by atoms with Crippen LogP contribution in [0.3, 0.4) is 0 Å². The molecule has 0 radical (unpaired) electrons. The van der Waals surface area contributed by atoms with Gasteiger partial charge in [-0.25, -0.2) is 0 Å². The van der Waals surface area contributed by atoms with E-state index in [-0.39, 0.29) is 5.91 Å². The van der Waals surface area contributed by atoms with Crippen molar-refractivity contribution in [3.8, 4) is 0 Å². The first-order chi connectivity index (χ1) is 8.99. The summed E-state index contributed by atoms with van der Waals surface area (Å²) in [5, 5.41) is 6.65.